The van der Waals surface area contributed by atoms with E-state index in [2.05, 4.69) is 45.0 Å². The number of anilines is 1. The predicted molar refractivity (Wildman–Crippen MR) is 68.1 cm³/mol. The maximum Gasteiger partial charge on any atom is 0.0924 e. The molecule has 0 radical (unpaired) electrons. The Hall–Kier alpha value is -0.540. The van der Waals surface area contributed by atoms with Gasteiger partial charge >= 0.3 is 0 Å². The number of fused-ring (bicyclic) bond motifs is 1. The molecule has 0 saturated carbocycles. The highest BCUT2D eigenvalue weighted by Crippen LogP contribution is 2.39. The second kappa shape index (κ2) is 3.55. The van der Waals surface area contributed by atoms with Crippen molar-refractivity contribution in [3.8, 4) is 0 Å². The van der Waals surface area contributed by atoms with Gasteiger partial charge in [0.15, 0.2) is 0 Å². The molecule has 0 aromatic carbocycles. The van der Waals surface area contributed by atoms with Crippen LogP contribution in [0.2, 0.25) is 0 Å². The Morgan fingerprint density at radius 1 is 1.07 bits per heavy atom. The molecule has 0 aliphatic carbocycles. The van der Waals surface area contributed by atoms with E-state index >= 15 is 0 Å². The lowest BCUT2D eigenvalue weighted by Crippen LogP contribution is -2.05. The monoisotopic (exact) mass is 225 g/mol. The molecule has 0 N–H and O–H groups in total. The minimum Gasteiger partial charge on any atom is -0.370 e. The molecule has 76 valence electrons. The van der Waals surface area contributed by atoms with Crippen molar-refractivity contribution in [1.82, 2.24) is 0 Å². The summed E-state index contributed by atoms with van der Waals surface area (Å²) in [6.45, 7) is 4.50. The number of nitrogens with zero attached hydrogens (tertiary/aromatic N) is 1. The first kappa shape index (κ1) is 9.99. The van der Waals surface area contributed by atoms with E-state index in [4.69, 9.17) is 0 Å². The van der Waals surface area contributed by atoms with E-state index in [1.807, 2.05) is 22.7 Å². The van der Waals surface area contributed by atoms with Gasteiger partial charge in [-0.15, -0.1) is 22.7 Å². The summed E-state index contributed by atoms with van der Waals surface area (Å²) in [6, 6.07) is 4.62. The van der Waals surface area contributed by atoms with Crippen LogP contribution < -0.4 is 4.90 Å². The van der Waals surface area contributed by atoms with E-state index in [1.54, 1.807) is 0 Å². The Balaban J connectivity index is 2.45. The Bertz CT molecular complexity index is 368. The van der Waals surface area contributed by atoms with Crippen LogP contribution in [0.4, 0.5) is 5.00 Å². The van der Waals surface area contributed by atoms with Gasteiger partial charge in [0, 0.05) is 28.4 Å². The van der Waals surface area contributed by atoms with Crippen LogP contribution in [0.25, 0.3) is 9.40 Å². The summed E-state index contributed by atoms with van der Waals surface area (Å²) in [4.78, 5) is 3.67. The summed E-state index contributed by atoms with van der Waals surface area (Å²) in [5, 5.41) is 1.35. The molecule has 2 aromatic heterocycles. The van der Waals surface area contributed by atoms with Gasteiger partial charge in [-0.2, -0.15) is 0 Å². The van der Waals surface area contributed by atoms with Crippen molar-refractivity contribution in [2.45, 2.75) is 19.8 Å². The van der Waals surface area contributed by atoms with Crippen molar-refractivity contribution in [2.75, 3.05) is 19.0 Å². The number of hydrogen-bond donors (Lipinski definition) is 0. The fourth-order valence-corrected chi connectivity index (χ4v) is 3.67. The molecule has 0 atom stereocenters. The van der Waals surface area contributed by atoms with Gasteiger partial charge in [-0.25, -0.2) is 0 Å². The molecule has 0 aliphatic heterocycles. The number of hydrogen-bond acceptors (Lipinski definition) is 3. The fraction of sp³-hybridized carbons (Fsp3) is 0.455. The minimum atomic E-state index is 0.655. The molecule has 0 unspecified atom stereocenters. The molecule has 3 heteroatoms. The highest BCUT2D eigenvalue weighted by atomic mass is 32.1. The molecule has 0 fully saturated rings. The second-order valence-corrected chi connectivity index (χ2v) is 6.19. The fourth-order valence-electron chi connectivity index (χ4n) is 1.35. The van der Waals surface area contributed by atoms with Gasteiger partial charge in [0.2, 0.25) is 0 Å². The molecule has 1 nitrogen and oxygen atoms in total. The van der Waals surface area contributed by atoms with Crippen molar-refractivity contribution in [1.29, 1.82) is 0 Å². The van der Waals surface area contributed by atoms with E-state index in [9.17, 15) is 0 Å². The van der Waals surface area contributed by atoms with Gasteiger partial charge in [-0.1, -0.05) is 13.8 Å². The van der Waals surface area contributed by atoms with Crippen LogP contribution in [-0.2, 0) is 0 Å². The third-order valence-corrected chi connectivity index (χ3v) is 4.98. The van der Waals surface area contributed by atoms with Crippen LogP contribution in [0.1, 0.15) is 24.6 Å². The molecular formula is C11H15NS2. The van der Waals surface area contributed by atoms with Crippen molar-refractivity contribution in [2.24, 2.45) is 0 Å². The topological polar surface area (TPSA) is 3.24 Å². The molecule has 0 saturated heterocycles. The van der Waals surface area contributed by atoms with E-state index in [0.717, 1.165) is 0 Å². The van der Waals surface area contributed by atoms with Gasteiger partial charge in [0.05, 0.1) is 5.00 Å². The van der Waals surface area contributed by atoms with Crippen LogP contribution in [0.5, 0.6) is 0 Å². The molecule has 0 spiro atoms. The van der Waals surface area contributed by atoms with Crippen LogP contribution in [-0.4, -0.2) is 14.1 Å². The Morgan fingerprint density at radius 3 is 2.21 bits per heavy atom. The van der Waals surface area contributed by atoms with Crippen molar-refractivity contribution < 1.29 is 0 Å². The van der Waals surface area contributed by atoms with E-state index < -0.39 is 0 Å². The van der Waals surface area contributed by atoms with Gasteiger partial charge < -0.3 is 4.90 Å². The maximum absolute atomic E-state index is 2.34. The number of thiophene rings is 2. The smallest absolute Gasteiger partial charge is 0.0924 e. The second-order valence-electron chi connectivity index (χ2n) is 4.01. The molecule has 2 heterocycles. The zero-order valence-electron chi connectivity index (χ0n) is 9.00. The van der Waals surface area contributed by atoms with Gasteiger partial charge in [-0.05, 0) is 18.1 Å². The predicted octanol–water partition coefficient (Wildman–Crippen LogP) is 4.15. The summed E-state index contributed by atoms with van der Waals surface area (Å²) in [5.41, 5.74) is 0. The third-order valence-electron chi connectivity index (χ3n) is 2.22. The van der Waals surface area contributed by atoms with Crippen LogP contribution >= 0.6 is 22.7 Å². The first-order chi connectivity index (χ1) is 6.58. The lowest BCUT2D eigenvalue weighted by Gasteiger charge is -2.07. The van der Waals surface area contributed by atoms with Crippen LogP contribution in [0, 0.1) is 0 Å². The highest BCUT2D eigenvalue weighted by Gasteiger charge is 2.09. The van der Waals surface area contributed by atoms with Gasteiger partial charge in [0.25, 0.3) is 0 Å². The molecule has 2 aromatic rings. The molecular weight excluding hydrogens is 210 g/mol. The lowest BCUT2D eigenvalue weighted by molar-refractivity contribution is 0.891. The first-order valence-corrected chi connectivity index (χ1v) is 6.42. The van der Waals surface area contributed by atoms with Crippen molar-refractivity contribution in [3.63, 3.8) is 0 Å². The SMILES string of the molecule is CC(C)c1cc2sc(N(C)C)cc2s1. The quantitative estimate of drug-likeness (QED) is 0.742. The largest absolute Gasteiger partial charge is 0.370 e. The molecule has 0 bridgehead atoms. The first-order valence-electron chi connectivity index (χ1n) is 4.78. The summed E-state index contributed by atoms with van der Waals surface area (Å²) in [7, 11) is 4.19. The van der Waals surface area contributed by atoms with Crippen LogP contribution in [0.3, 0.4) is 0 Å². The summed E-state index contributed by atoms with van der Waals surface area (Å²) in [5.74, 6) is 0.655. The van der Waals surface area contributed by atoms with Gasteiger partial charge in [-0.3, -0.25) is 0 Å². The van der Waals surface area contributed by atoms with E-state index in [-0.39, 0.29) is 0 Å². The molecule has 0 amide bonds. The average Bonchev–Trinajstić information content (AvgIpc) is 2.57. The lowest BCUT2D eigenvalue weighted by atomic mass is 10.2. The standard InChI is InChI=1S/C11H15NS2/c1-7(2)8-5-9-10(13-8)6-11(14-9)12(3)4/h5-7H,1-4H3. The Morgan fingerprint density at radius 2 is 1.71 bits per heavy atom. The Kier molecular flexibility index (Phi) is 2.54. The van der Waals surface area contributed by atoms with Gasteiger partial charge in [0.1, 0.15) is 0 Å². The normalized spacial score (nSPS) is 11.5. The maximum atomic E-state index is 2.34. The number of rotatable bonds is 2. The summed E-state index contributed by atoms with van der Waals surface area (Å²) < 4.78 is 2.87. The van der Waals surface area contributed by atoms with Crippen molar-refractivity contribution in [3.05, 3.63) is 17.0 Å². The Labute approximate surface area is 93.0 Å². The van der Waals surface area contributed by atoms with Crippen molar-refractivity contribution >= 4 is 37.1 Å². The third kappa shape index (κ3) is 1.66. The van der Waals surface area contributed by atoms with E-state index in [1.165, 1.54) is 19.3 Å². The molecule has 14 heavy (non-hydrogen) atoms. The van der Waals surface area contributed by atoms with E-state index in [0.29, 0.717) is 5.92 Å². The summed E-state index contributed by atoms with van der Waals surface area (Å²) >= 11 is 3.81. The molecule has 2 rings (SSSR count). The zero-order valence-corrected chi connectivity index (χ0v) is 10.6. The zero-order chi connectivity index (χ0) is 10.3. The molecule has 0 aliphatic rings. The van der Waals surface area contributed by atoms with Crippen LogP contribution in [0.15, 0.2) is 12.1 Å². The average molecular weight is 225 g/mol. The summed E-state index contributed by atoms with van der Waals surface area (Å²) in [6.07, 6.45) is 0. The minimum absolute atomic E-state index is 0.655. The highest BCUT2D eigenvalue weighted by molar-refractivity contribution is 7.29.